The number of benzene rings is 1. The summed E-state index contributed by atoms with van der Waals surface area (Å²) in [7, 11) is 0. The minimum absolute atomic E-state index is 0.0407. The summed E-state index contributed by atoms with van der Waals surface area (Å²) in [6.07, 6.45) is -4.55. The first-order valence-corrected chi connectivity index (χ1v) is 7.70. The summed E-state index contributed by atoms with van der Waals surface area (Å²) in [6.45, 7) is 3.08. The van der Waals surface area contributed by atoms with E-state index in [2.05, 4.69) is 5.32 Å². The van der Waals surface area contributed by atoms with E-state index in [1.165, 1.54) is 13.0 Å². The molecule has 1 fully saturated rings. The summed E-state index contributed by atoms with van der Waals surface area (Å²) in [5, 5.41) is 2.30. The zero-order valence-electron chi connectivity index (χ0n) is 13.0. The number of carbonyl (C=O) groups excluding carboxylic acids is 2. The molecule has 0 atom stereocenters. The number of carbonyl (C=O) groups is 2. The van der Waals surface area contributed by atoms with E-state index in [1.54, 1.807) is 9.80 Å². The van der Waals surface area contributed by atoms with E-state index in [4.69, 9.17) is 11.6 Å². The lowest BCUT2D eigenvalue weighted by Gasteiger charge is -2.34. The molecule has 1 aromatic carbocycles. The highest BCUT2D eigenvalue weighted by atomic mass is 35.5. The Balaban J connectivity index is 1.92. The van der Waals surface area contributed by atoms with Gasteiger partial charge in [0.15, 0.2) is 0 Å². The summed E-state index contributed by atoms with van der Waals surface area (Å²) in [5.74, 6) is -0.275. The van der Waals surface area contributed by atoms with Gasteiger partial charge in [-0.25, -0.2) is 0 Å². The smallest absolute Gasteiger partial charge is 0.376 e. The maximum absolute atomic E-state index is 12.8. The highest BCUT2D eigenvalue weighted by Crippen LogP contribution is 2.36. The first kappa shape index (κ1) is 18.4. The quantitative estimate of drug-likeness (QED) is 0.897. The van der Waals surface area contributed by atoms with Crippen LogP contribution in [0.15, 0.2) is 18.2 Å². The van der Waals surface area contributed by atoms with Crippen LogP contribution in [-0.4, -0.2) is 54.3 Å². The largest absolute Gasteiger partial charge is 0.417 e. The number of hydrogen-bond donors (Lipinski definition) is 1. The maximum Gasteiger partial charge on any atom is 0.417 e. The molecule has 1 aliphatic heterocycles. The molecule has 1 aliphatic rings. The molecule has 0 bridgehead atoms. The van der Waals surface area contributed by atoms with Crippen LogP contribution in [0.1, 0.15) is 12.5 Å². The molecule has 132 valence electrons. The van der Waals surface area contributed by atoms with Crippen LogP contribution < -0.4 is 5.32 Å². The van der Waals surface area contributed by atoms with Gasteiger partial charge in [-0.15, -0.1) is 0 Å². The number of amides is 2. The van der Waals surface area contributed by atoms with E-state index in [-0.39, 0.29) is 29.1 Å². The third-order valence-electron chi connectivity index (χ3n) is 3.79. The van der Waals surface area contributed by atoms with Crippen molar-refractivity contribution in [2.45, 2.75) is 13.1 Å². The average molecular weight is 364 g/mol. The van der Waals surface area contributed by atoms with Gasteiger partial charge in [-0.2, -0.15) is 13.2 Å². The molecule has 9 heteroatoms. The van der Waals surface area contributed by atoms with Gasteiger partial charge >= 0.3 is 6.18 Å². The van der Waals surface area contributed by atoms with Gasteiger partial charge in [0, 0.05) is 38.8 Å². The van der Waals surface area contributed by atoms with E-state index < -0.39 is 11.7 Å². The van der Waals surface area contributed by atoms with E-state index in [1.807, 2.05) is 0 Å². The number of rotatable bonds is 3. The van der Waals surface area contributed by atoms with Crippen molar-refractivity contribution in [3.05, 3.63) is 28.8 Å². The van der Waals surface area contributed by atoms with Crippen LogP contribution in [0.3, 0.4) is 0 Å². The van der Waals surface area contributed by atoms with Gasteiger partial charge in [0.1, 0.15) is 0 Å². The molecule has 2 rings (SSSR count). The number of hydrogen-bond acceptors (Lipinski definition) is 3. The van der Waals surface area contributed by atoms with Crippen molar-refractivity contribution in [2.24, 2.45) is 0 Å². The van der Waals surface area contributed by atoms with E-state index in [0.29, 0.717) is 26.2 Å². The lowest BCUT2D eigenvalue weighted by Crippen LogP contribution is -2.51. The standard InChI is InChI=1S/C15H17ClF3N3O2/c1-10(23)21-4-6-22(7-5-21)14(24)9-20-11-2-3-13(16)12(8-11)15(17,18)19/h2-3,8,20H,4-7,9H2,1H3. The Kier molecular flexibility index (Phi) is 5.58. The highest BCUT2D eigenvalue weighted by molar-refractivity contribution is 6.31. The second-order valence-electron chi connectivity index (χ2n) is 5.43. The van der Waals surface area contributed by atoms with Gasteiger partial charge < -0.3 is 15.1 Å². The molecular formula is C15H17ClF3N3O2. The Hall–Kier alpha value is -1.96. The molecule has 5 nitrogen and oxygen atoms in total. The minimum Gasteiger partial charge on any atom is -0.376 e. The summed E-state index contributed by atoms with van der Waals surface area (Å²) < 4.78 is 38.4. The molecule has 0 radical (unpaired) electrons. The van der Waals surface area contributed by atoms with Crippen LogP contribution >= 0.6 is 11.6 Å². The highest BCUT2D eigenvalue weighted by Gasteiger charge is 2.33. The topological polar surface area (TPSA) is 52.7 Å². The molecule has 0 spiro atoms. The van der Waals surface area contributed by atoms with Crippen molar-refractivity contribution in [3.8, 4) is 0 Å². The van der Waals surface area contributed by atoms with Crippen LogP contribution in [-0.2, 0) is 15.8 Å². The lowest BCUT2D eigenvalue weighted by atomic mass is 10.2. The van der Waals surface area contributed by atoms with Crippen molar-refractivity contribution in [1.29, 1.82) is 0 Å². The van der Waals surface area contributed by atoms with Crippen LogP contribution in [0.4, 0.5) is 18.9 Å². The molecule has 1 aromatic rings. The number of piperazine rings is 1. The van der Waals surface area contributed by atoms with Gasteiger partial charge in [0.05, 0.1) is 17.1 Å². The van der Waals surface area contributed by atoms with E-state index >= 15 is 0 Å². The van der Waals surface area contributed by atoms with Crippen molar-refractivity contribution in [2.75, 3.05) is 38.0 Å². The predicted octanol–water partition coefficient (Wildman–Crippen LogP) is 2.46. The Bertz CT molecular complexity index is 629. The third-order valence-corrected chi connectivity index (χ3v) is 4.12. The lowest BCUT2D eigenvalue weighted by molar-refractivity contribution is -0.137. The zero-order valence-corrected chi connectivity index (χ0v) is 13.7. The molecule has 0 aromatic heterocycles. The second kappa shape index (κ2) is 7.29. The summed E-state index contributed by atoms with van der Waals surface area (Å²) >= 11 is 5.55. The van der Waals surface area contributed by atoms with E-state index in [0.717, 1.165) is 12.1 Å². The summed E-state index contributed by atoms with van der Waals surface area (Å²) in [5.41, 5.74) is -0.779. The molecule has 0 aliphatic carbocycles. The van der Waals surface area contributed by atoms with Gasteiger partial charge in [-0.1, -0.05) is 11.6 Å². The van der Waals surface area contributed by atoms with Gasteiger partial charge in [0.25, 0.3) is 0 Å². The van der Waals surface area contributed by atoms with Crippen LogP contribution in [0.5, 0.6) is 0 Å². The SMILES string of the molecule is CC(=O)N1CCN(C(=O)CNc2ccc(Cl)c(C(F)(F)F)c2)CC1. The fraction of sp³-hybridized carbons (Fsp3) is 0.467. The maximum atomic E-state index is 12.8. The Morgan fingerprint density at radius 1 is 1.17 bits per heavy atom. The molecule has 1 N–H and O–H groups in total. The van der Waals surface area contributed by atoms with E-state index in [9.17, 15) is 22.8 Å². The van der Waals surface area contributed by atoms with Crippen molar-refractivity contribution < 1.29 is 22.8 Å². The Labute approximate surface area is 142 Å². The van der Waals surface area contributed by atoms with Crippen molar-refractivity contribution >= 4 is 29.1 Å². The van der Waals surface area contributed by atoms with Gasteiger partial charge in [0.2, 0.25) is 11.8 Å². The average Bonchev–Trinajstić information content (AvgIpc) is 2.52. The fourth-order valence-electron chi connectivity index (χ4n) is 2.41. The monoisotopic (exact) mass is 363 g/mol. The second-order valence-corrected chi connectivity index (χ2v) is 5.84. The molecule has 0 unspecified atom stereocenters. The number of nitrogens with zero attached hydrogens (tertiary/aromatic N) is 2. The number of nitrogens with one attached hydrogen (secondary N) is 1. The first-order chi connectivity index (χ1) is 11.2. The Morgan fingerprint density at radius 2 is 1.75 bits per heavy atom. The van der Waals surface area contributed by atoms with Crippen LogP contribution in [0.2, 0.25) is 5.02 Å². The van der Waals surface area contributed by atoms with Crippen molar-refractivity contribution in [3.63, 3.8) is 0 Å². The molecule has 24 heavy (non-hydrogen) atoms. The molecular weight excluding hydrogens is 347 g/mol. The molecule has 0 saturated carbocycles. The summed E-state index contributed by atoms with van der Waals surface area (Å²) in [6, 6.07) is 3.41. The fourth-order valence-corrected chi connectivity index (χ4v) is 2.64. The summed E-state index contributed by atoms with van der Waals surface area (Å²) in [4.78, 5) is 26.6. The predicted molar refractivity (Wildman–Crippen MR) is 83.8 cm³/mol. The van der Waals surface area contributed by atoms with Crippen LogP contribution in [0, 0.1) is 0 Å². The molecule has 1 saturated heterocycles. The normalized spacial score (nSPS) is 15.4. The minimum atomic E-state index is -4.55. The molecule has 1 heterocycles. The number of anilines is 1. The number of halogens is 4. The molecule has 2 amide bonds. The third kappa shape index (κ3) is 4.53. The van der Waals surface area contributed by atoms with Crippen LogP contribution in [0.25, 0.3) is 0 Å². The Morgan fingerprint density at radius 3 is 2.29 bits per heavy atom. The van der Waals surface area contributed by atoms with Gasteiger partial charge in [-0.05, 0) is 18.2 Å². The van der Waals surface area contributed by atoms with Gasteiger partial charge in [-0.3, -0.25) is 9.59 Å². The zero-order chi connectivity index (χ0) is 17.9. The first-order valence-electron chi connectivity index (χ1n) is 7.32. The van der Waals surface area contributed by atoms with Crippen molar-refractivity contribution in [1.82, 2.24) is 9.80 Å². The number of alkyl halides is 3.